The summed E-state index contributed by atoms with van der Waals surface area (Å²) in [6, 6.07) is 7.69. The predicted octanol–water partition coefficient (Wildman–Crippen LogP) is 3.14. The standard InChI is InChI=1S/C13H17BrN2O/c1-2-10(3-4-17)9-16-13-6-11(8-15)5-12(14)7-13/h5-7,10,16-17H,2-4,9H2,1H3. The Labute approximate surface area is 111 Å². The van der Waals surface area contributed by atoms with E-state index in [9.17, 15) is 0 Å². The summed E-state index contributed by atoms with van der Waals surface area (Å²) in [5.74, 6) is 0.463. The third-order valence-electron chi connectivity index (χ3n) is 2.74. The quantitative estimate of drug-likeness (QED) is 0.848. The van der Waals surface area contributed by atoms with Gasteiger partial charge in [-0.05, 0) is 30.5 Å². The first kappa shape index (κ1) is 14.0. The van der Waals surface area contributed by atoms with Crippen LogP contribution in [0.4, 0.5) is 5.69 Å². The second-order valence-corrected chi connectivity index (χ2v) is 4.92. The van der Waals surface area contributed by atoms with Gasteiger partial charge in [-0.1, -0.05) is 29.3 Å². The summed E-state index contributed by atoms with van der Waals surface area (Å²) >= 11 is 3.38. The van der Waals surface area contributed by atoms with Crippen LogP contribution in [0.3, 0.4) is 0 Å². The number of nitrogens with one attached hydrogen (secondary N) is 1. The van der Waals surface area contributed by atoms with E-state index in [-0.39, 0.29) is 6.61 Å². The van der Waals surface area contributed by atoms with Crippen LogP contribution in [0.25, 0.3) is 0 Å². The Bertz CT molecular complexity index is 401. The minimum atomic E-state index is 0.224. The summed E-state index contributed by atoms with van der Waals surface area (Å²) < 4.78 is 0.897. The molecule has 1 aromatic rings. The molecular formula is C13H17BrN2O. The third-order valence-corrected chi connectivity index (χ3v) is 3.19. The largest absolute Gasteiger partial charge is 0.396 e. The molecule has 4 heteroatoms. The van der Waals surface area contributed by atoms with E-state index in [2.05, 4.69) is 34.2 Å². The van der Waals surface area contributed by atoms with Gasteiger partial charge < -0.3 is 10.4 Å². The Morgan fingerprint density at radius 3 is 2.82 bits per heavy atom. The molecule has 0 fully saturated rings. The highest BCUT2D eigenvalue weighted by atomic mass is 79.9. The average molecular weight is 297 g/mol. The summed E-state index contributed by atoms with van der Waals surface area (Å²) in [5.41, 5.74) is 1.57. The van der Waals surface area contributed by atoms with Gasteiger partial charge in [-0.2, -0.15) is 5.26 Å². The number of nitriles is 1. The van der Waals surface area contributed by atoms with E-state index in [1.54, 1.807) is 6.07 Å². The highest BCUT2D eigenvalue weighted by molar-refractivity contribution is 9.10. The van der Waals surface area contributed by atoms with Gasteiger partial charge in [0.1, 0.15) is 0 Å². The average Bonchev–Trinajstić information content (AvgIpc) is 2.33. The van der Waals surface area contributed by atoms with E-state index >= 15 is 0 Å². The van der Waals surface area contributed by atoms with Gasteiger partial charge in [-0.3, -0.25) is 0 Å². The SMILES string of the molecule is CCC(CCO)CNc1cc(Br)cc(C#N)c1. The van der Waals surface area contributed by atoms with Gasteiger partial charge in [-0.25, -0.2) is 0 Å². The van der Waals surface area contributed by atoms with Gasteiger partial charge in [0.15, 0.2) is 0 Å². The number of hydrogen-bond acceptors (Lipinski definition) is 3. The Balaban J connectivity index is 2.62. The number of nitrogens with zero attached hydrogens (tertiary/aromatic N) is 1. The molecule has 17 heavy (non-hydrogen) atoms. The Hall–Kier alpha value is -1.05. The van der Waals surface area contributed by atoms with Gasteiger partial charge in [-0.15, -0.1) is 0 Å². The zero-order valence-electron chi connectivity index (χ0n) is 9.91. The molecule has 2 N–H and O–H groups in total. The summed E-state index contributed by atoms with van der Waals surface area (Å²) in [6.07, 6.45) is 1.84. The summed E-state index contributed by atoms with van der Waals surface area (Å²) in [4.78, 5) is 0. The lowest BCUT2D eigenvalue weighted by Gasteiger charge is -2.15. The van der Waals surface area contributed by atoms with Crippen molar-refractivity contribution in [2.75, 3.05) is 18.5 Å². The van der Waals surface area contributed by atoms with Gasteiger partial charge in [0.25, 0.3) is 0 Å². The second kappa shape index (κ2) is 7.31. The monoisotopic (exact) mass is 296 g/mol. The lowest BCUT2D eigenvalue weighted by Crippen LogP contribution is -2.15. The lowest BCUT2D eigenvalue weighted by atomic mass is 10.0. The first-order chi connectivity index (χ1) is 8.19. The fourth-order valence-corrected chi connectivity index (χ4v) is 2.14. The molecule has 0 bridgehead atoms. The van der Waals surface area contributed by atoms with E-state index in [0.29, 0.717) is 11.5 Å². The summed E-state index contributed by atoms with van der Waals surface area (Å²) in [6.45, 7) is 3.16. The van der Waals surface area contributed by atoms with Crippen LogP contribution in [0.5, 0.6) is 0 Å². The maximum Gasteiger partial charge on any atom is 0.0992 e. The summed E-state index contributed by atoms with van der Waals surface area (Å²) in [7, 11) is 0. The van der Waals surface area contributed by atoms with E-state index in [4.69, 9.17) is 10.4 Å². The van der Waals surface area contributed by atoms with Gasteiger partial charge >= 0.3 is 0 Å². The van der Waals surface area contributed by atoms with Gasteiger partial charge in [0.2, 0.25) is 0 Å². The topological polar surface area (TPSA) is 56.0 Å². The maximum absolute atomic E-state index is 8.91. The van der Waals surface area contributed by atoms with Crippen molar-refractivity contribution in [2.24, 2.45) is 5.92 Å². The van der Waals surface area contributed by atoms with E-state index in [1.165, 1.54) is 0 Å². The van der Waals surface area contributed by atoms with E-state index < -0.39 is 0 Å². The first-order valence-corrected chi connectivity index (χ1v) is 6.54. The molecule has 0 radical (unpaired) electrons. The van der Waals surface area contributed by atoms with Crippen molar-refractivity contribution in [1.29, 1.82) is 5.26 Å². The van der Waals surface area contributed by atoms with Crippen molar-refractivity contribution in [3.05, 3.63) is 28.2 Å². The van der Waals surface area contributed by atoms with Gasteiger partial charge in [0.05, 0.1) is 11.6 Å². The van der Waals surface area contributed by atoms with E-state index in [0.717, 1.165) is 29.5 Å². The van der Waals surface area contributed by atoms with Crippen molar-refractivity contribution >= 4 is 21.6 Å². The maximum atomic E-state index is 8.91. The number of halogens is 1. The molecule has 1 unspecified atom stereocenters. The van der Waals surface area contributed by atoms with Crippen LogP contribution < -0.4 is 5.32 Å². The van der Waals surface area contributed by atoms with Crippen LogP contribution in [-0.4, -0.2) is 18.3 Å². The van der Waals surface area contributed by atoms with Crippen molar-refractivity contribution in [2.45, 2.75) is 19.8 Å². The molecule has 1 rings (SSSR count). The molecule has 0 aliphatic heterocycles. The zero-order chi connectivity index (χ0) is 12.7. The zero-order valence-corrected chi connectivity index (χ0v) is 11.5. The van der Waals surface area contributed by atoms with Crippen molar-refractivity contribution in [3.8, 4) is 6.07 Å². The minimum Gasteiger partial charge on any atom is -0.396 e. The molecule has 1 atom stereocenters. The number of benzene rings is 1. The van der Waals surface area contributed by atoms with Crippen LogP contribution >= 0.6 is 15.9 Å². The fourth-order valence-electron chi connectivity index (χ4n) is 1.65. The molecule has 1 aromatic carbocycles. The Morgan fingerprint density at radius 2 is 2.24 bits per heavy atom. The summed E-state index contributed by atoms with van der Waals surface area (Å²) in [5, 5.41) is 21.1. The van der Waals surface area contributed by atoms with Crippen molar-refractivity contribution < 1.29 is 5.11 Å². The molecule has 0 saturated heterocycles. The molecule has 0 spiro atoms. The van der Waals surface area contributed by atoms with Crippen molar-refractivity contribution in [3.63, 3.8) is 0 Å². The molecule has 3 nitrogen and oxygen atoms in total. The molecule has 92 valence electrons. The van der Waals surface area contributed by atoms with E-state index in [1.807, 2.05) is 12.1 Å². The van der Waals surface area contributed by atoms with Crippen LogP contribution in [0, 0.1) is 17.2 Å². The number of aliphatic hydroxyl groups excluding tert-OH is 1. The van der Waals surface area contributed by atoms with Crippen LogP contribution in [0.1, 0.15) is 25.3 Å². The fraction of sp³-hybridized carbons (Fsp3) is 0.462. The van der Waals surface area contributed by atoms with Crippen LogP contribution in [0.2, 0.25) is 0 Å². The number of hydrogen-bond donors (Lipinski definition) is 2. The predicted molar refractivity (Wildman–Crippen MR) is 72.8 cm³/mol. The molecule has 0 amide bonds. The Kier molecular flexibility index (Phi) is 6.03. The third kappa shape index (κ3) is 4.76. The van der Waals surface area contributed by atoms with Crippen LogP contribution in [0.15, 0.2) is 22.7 Å². The molecular weight excluding hydrogens is 280 g/mol. The highest BCUT2D eigenvalue weighted by Crippen LogP contribution is 2.20. The normalized spacial score (nSPS) is 11.9. The number of anilines is 1. The number of aliphatic hydroxyl groups is 1. The smallest absolute Gasteiger partial charge is 0.0992 e. The molecule has 0 saturated carbocycles. The molecule has 0 aliphatic carbocycles. The molecule has 0 aliphatic rings. The van der Waals surface area contributed by atoms with Gasteiger partial charge in [0, 0.05) is 23.3 Å². The second-order valence-electron chi connectivity index (χ2n) is 4.01. The lowest BCUT2D eigenvalue weighted by molar-refractivity contribution is 0.258. The first-order valence-electron chi connectivity index (χ1n) is 5.75. The minimum absolute atomic E-state index is 0.224. The molecule has 0 aromatic heterocycles. The highest BCUT2D eigenvalue weighted by Gasteiger charge is 2.06. The van der Waals surface area contributed by atoms with Crippen LogP contribution in [-0.2, 0) is 0 Å². The number of rotatable bonds is 6. The molecule has 0 heterocycles. The van der Waals surface area contributed by atoms with Crippen molar-refractivity contribution in [1.82, 2.24) is 0 Å². The Morgan fingerprint density at radius 1 is 1.47 bits per heavy atom.